The van der Waals surface area contributed by atoms with Gasteiger partial charge in [0.1, 0.15) is 0 Å². The number of amides is 1. The van der Waals surface area contributed by atoms with Gasteiger partial charge in [-0.15, -0.1) is 0 Å². The van der Waals surface area contributed by atoms with Gasteiger partial charge >= 0.3 is 0 Å². The fraction of sp³-hybridized carbons (Fsp3) is 0.240. The molecule has 0 fully saturated rings. The number of hydrogen-bond donors (Lipinski definition) is 1. The lowest BCUT2D eigenvalue weighted by Gasteiger charge is -2.19. The third kappa shape index (κ3) is 5.60. The fourth-order valence-electron chi connectivity index (χ4n) is 3.34. The Kier molecular flexibility index (Phi) is 7.25. The first-order valence-corrected chi connectivity index (χ1v) is 11.7. The van der Waals surface area contributed by atoms with E-state index in [4.69, 9.17) is 0 Å². The highest BCUT2D eigenvalue weighted by Crippen LogP contribution is 2.19. The molecule has 3 aromatic carbocycles. The van der Waals surface area contributed by atoms with E-state index in [2.05, 4.69) is 5.32 Å². The van der Waals surface area contributed by atoms with Gasteiger partial charge in [-0.1, -0.05) is 67.1 Å². The van der Waals surface area contributed by atoms with Crippen molar-refractivity contribution in [1.29, 1.82) is 0 Å². The molecule has 0 heterocycles. The second kappa shape index (κ2) is 9.90. The van der Waals surface area contributed by atoms with Gasteiger partial charge in [0, 0.05) is 19.2 Å². The molecule has 0 bridgehead atoms. The first-order chi connectivity index (χ1) is 14.8. The summed E-state index contributed by atoms with van der Waals surface area (Å²) >= 11 is 0. The molecule has 1 N–H and O–H groups in total. The van der Waals surface area contributed by atoms with Crippen molar-refractivity contribution in [2.24, 2.45) is 0 Å². The Morgan fingerprint density at radius 1 is 0.935 bits per heavy atom. The SMILES string of the molecule is CCC(NC(=O)c1ccc(CN(C)S(=O)(=O)c2ccc(C)cc2)cc1)c1ccccc1. The number of nitrogens with zero attached hydrogens (tertiary/aromatic N) is 1. The first kappa shape index (κ1) is 22.7. The van der Waals surface area contributed by atoms with Crippen molar-refractivity contribution in [2.75, 3.05) is 7.05 Å². The van der Waals surface area contributed by atoms with Crippen LogP contribution in [0.3, 0.4) is 0 Å². The van der Waals surface area contributed by atoms with Crippen molar-refractivity contribution in [3.05, 3.63) is 101 Å². The van der Waals surface area contributed by atoms with Crippen LogP contribution < -0.4 is 5.32 Å². The highest BCUT2D eigenvalue weighted by molar-refractivity contribution is 7.89. The number of carbonyl (C=O) groups excluding carboxylic acids is 1. The molecule has 162 valence electrons. The summed E-state index contributed by atoms with van der Waals surface area (Å²) in [5.41, 5.74) is 3.43. The lowest BCUT2D eigenvalue weighted by Crippen LogP contribution is -2.28. The maximum absolute atomic E-state index is 12.8. The zero-order valence-electron chi connectivity index (χ0n) is 18.1. The average molecular weight is 437 g/mol. The van der Waals surface area contributed by atoms with Gasteiger partial charge in [-0.3, -0.25) is 4.79 Å². The van der Waals surface area contributed by atoms with Crippen LogP contribution in [-0.4, -0.2) is 25.7 Å². The minimum absolute atomic E-state index is 0.0563. The average Bonchev–Trinajstić information content (AvgIpc) is 2.78. The van der Waals surface area contributed by atoms with Crippen LogP contribution in [0.5, 0.6) is 0 Å². The minimum atomic E-state index is -3.58. The van der Waals surface area contributed by atoms with Crippen LogP contribution in [0.25, 0.3) is 0 Å². The van der Waals surface area contributed by atoms with E-state index in [1.807, 2.05) is 44.2 Å². The van der Waals surface area contributed by atoms with E-state index in [9.17, 15) is 13.2 Å². The number of benzene rings is 3. The zero-order valence-corrected chi connectivity index (χ0v) is 18.9. The monoisotopic (exact) mass is 436 g/mol. The quantitative estimate of drug-likeness (QED) is 0.557. The van der Waals surface area contributed by atoms with Gasteiger partial charge in [0.15, 0.2) is 0 Å². The van der Waals surface area contributed by atoms with Crippen LogP contribution in [0.4, 0.5) is 0 Å². The summed E-state index contributed by atoms with van der Waals surface area (Å²) in [7, 11) is -2.02. The van der Waals surface area contributed by atoms with Gasteiger partial charge in [0.05, 0.1) is 10.9 Å². The van der Waals surface area contributed by atoms with Crippen LogP contribution in [0, 0.1) is 6.92 Å². The smallest absolute Gasteiger partial charge is 0.251 e. The fourth-order valence-corrected chi connectivity index (χ4v) is 4.50. The van der Waals surface area contributed by atoms with E-state index in [1.165, 1.54) is 4.31 Å². The van der Waals surface area contributed by atoms with Crippen LogP contribution in [-0.2, 0) is 16.6 Å². The van der Waals surface area contributed by atoms with Gasteiger partial charge < -0.3 is 5.32 Å². The van der Waals surface area contributed by atoms with Crippen molar-refractivity contribution < 1.29 is 13.2 Å². The summed E-state index contributed by atoms with van der Waals surface area (Å²) in [5, 5.41) is 3.06. The second-order valence-electron chi connectivity index (χ2n) is 7.62. The van der Waals surface area contributed by atoms with Crippen LogP contribution in [0.1, 0.15) is 46.4 Å². The Morgan fingerprint density at radius 3 is 2.13 bits per heavy atom. The number of aryl methyl sites for hydroxylation is 1. The lowest BCUT2D eigenvalue weighted by molar-refractivity contribution is 0.0935. The maximum atomic E-state index is 12.8. The maximum Gasteiger partial charge on any atom is 0.251 e. The van der Waals surface area contributed by atoms with Gasteiger partial charge in [-0.2, -0.15) is 4.31 Å². The summed E-state index contributed by atoms with van der Waals surface area (Å²) < 4.78 is 26.9. The normalized spacial score (nSPS) is 12.5. The number of carbonyl (C=O) groups is 1. The Hall–Kier alpha value is -2.96. The van der Waals surface area contributed by atoms with Crippen LogP contribution in [0.2, 0.25) is 0 Å². The van der Waals surface area contributed by atoms with E-state index < -0.39 is 10.0 Å². The van der Waals surface area contributed by atoms with Gasteiger partial charge in [0.25, 0.3) is 5.91 Å². The van der Waals surface area contributed by atoms with Crippen molar-refractivity contribution in [1.82, 2.24) is 9.62 Å². The number of nitrogens with one attached hydrogen (secondary N) is 1. The largest absolute Gasteiger partial charge is 0.345 e. The number of sulfonamides is 1. The minimum Gasteiger partial charge on any atom is -0.345 e. The molecule has 31 heavy (non-hydrogen) atoms. The van der Waals surface area contributed by atoms with E-state index >= 15 is 0 Å². The zero-order chi connectivity index (χ0) is 22.4. The van der Waals surface area contributed by atoms with E-state index in [1.54, 1.807) is 55.6 Å². The number of rotatable bonds is 8. The van der Waals surface area contributed by atoms with Gasteiger partial charge in [0.2, 0.25) is 10.0 Å². The molecule has 0 saturated heterocycles. The summed E-state index contributed by atoms with van der Waals surface area (Å²) in [6, 6.07) is 23.7. The molecule has 5 nitrogen and oxygen atoms in total. The highest BCUT2D eigenvalue weighted by atomic mass is 32.2. The molecule has 0 saturated carbocycles. The third-order valence-corrected chi connectivity index (χ3v) is 7.08. The van der Waals surface area contributed by atoms with E-state index in [0.717, 1.165) is 23.1 Å². The molecular formula is C25H28N2O3S. The lowest BCUT2D eigenvalue weighted by atomic mass is 10.0. The van der Waals surface area contributed by atoms with Crippen molar-refractivity contribution >= 4 is 15.9 Å². The van der Waals surface area contributed by atoms with Gasteiger partial charge in [-0.25, -0.2) is 8.42 Å². The molecule has 0 aliphatic rings. The highest BCUT2D eigenvalue weighted by Gasteiger charge is 2.21. The molecule has 1 atom stereocenters. The topological polar surface area (TPSA) is 66.5 Å². The predicted octanol–water partition coefficient (Wildman–Crippen LogP) is 4.70. The number of hydrogen-bond acceptors (Lipinski definition) is 3. The first-order valence-electron chi connectivity index (χ1n) is 10.3. The van der Waals surface area contributed by atoms with E-state index in [-0.39, 0.29) is 23.4 Å². The van der Waals surface area contributed by atoms with Crippen LogP contribution in [0.15, 0.2) is 83.8 Å². The third-order valence-electron chi connectivity index (χ3n) is 5.27. The molecule has 1 amide bonds. The molecule has 0 aromatic heterocycles. The van der Waals surface area contributed by atoms with Crippen molar-refractivity contribution in [3.63, 3.8) is 0 Å². The predicted molar refractivity (Wildman–Crippen MR) is 123 cm³/mol. The van der Waals surface area contributed by atoms with Crippen molar-refractivity contribution in [2.45, 2.75) is 37.8 Å². The summed E-state index contributed by atoms with van der Waals surface area (Å²) in [4.78, 5) is 12.9. The Bertz CT molecular complexity index is 1110. The van der Waals surface area contributed by atoms with E-state index in [0.29, 0.717) is 5.56 Å². The molecule has 6 heteroatoms. The Balaban J connectivity index is 1.66. The molecule has 3 rings (SSSR count). The second-order valence-corrected chi connectivity index (χ2v) is 9.66. The molecule has 0 aliphatic heterocycles. The summed E-state index contributed by atoms with van der Waals surface area (Å²) in [6.45, 7) is 4.17. The summed E-state index contributed by atoms with van der Waals surface area (Å²) in [6.07, 6.45) is 0.787. The van der Waals surface area contributed by atoms with Crippen molar-refractivity contribution in [3.8, 4) is 0 Å². The van der Waals surface area contributed by atoms with Crippen LogP contribution >= 0.6 is 0 Å². The molecule has 3 aromatic rings. The Morgan fingerprint density at radius 2 is 1.55 bits per heavy atom. The molecular weight excluding hydrogens is 408 g/mol. The van der Waals surface area contributed by atoms with Gasteiger partial charge in [-0.05, 0) is 48.7 Å². The molecule has 0 spiro atoms. The molecule has 0 radical (unpaired) electrons. The Labute approximate surface area is 184 Å². The standard InChI is InChI=1S/C25H28N2O3S/c1-4-24(21-8-6-5-7-9-21)26-25(28)22-14-12-20(13-15-22)18-27(3)31(29,30)23-16-10-19(2)11-17-23/h5-17,24H,4,18H2,1-3H3,(H,26,28). The molecule has 0 aliphatic carbocycles. The molecule has 1 unspecified atom stereocenters. The summed E-state index contributed by atoms with van der Waals surface area (Å²) in [5.74, 6) is -0.150.